The smallest absolute Gasteiger partial charge is 0.144 e. The van der Waals surface area contributed by atoms with E-state index < -0.39 is 11.0 Å². The number of likely N-dealkylation sites (tertiary alicyclic amines) is 1. The van der Waals surface area contributed by atoms with E-state index in [1.807, 2.05) is 27.0 Å². The molecule has 0 radical (unpaired) electrons. The summed E-state index contributed by atoms with van der Waals surface area (Å²) in [5.74, 6) is 0.522. The topological polar surface area (TPSA) is 32.7 Å². The highest BCUT2D eigenvalue weighted by Gasteiger charge is 2.20. The second kappa shape index (κ2) is 5.92. The predicted molar refractivity (Wildman–Crippen MR) is 71.2 cm³/mol. The van der Waals surface area contributed by atoms with Crippen molar-refractivity contribution in [1.82, 2.24) is 4.90 Å². The Labute approximate surface area is 102 Å². The van der Waals surface area contributed by atoms with E-state index in [2.05, 4.69) is 16.2 Å². The largest absolute Gasteiger partial charge is 0.304 e. The normalized spacial score (nSPS) is 22.8. The van der Waals surface area contributed by atoms with Crippen LogP contribution in [0, 0.1) is 5.92 Å². The molecule has 1 atom stereocenters. The molecule has 0 spiro atoms. The second-order valence-corrected chi connectivity index (χ2v) is 7.32. The van der Waals surface area contributed by atoms with Gasteiger partial charge in [0.15, 0.2) is 0 Å². The van der Waals surface area contributed by atoms with E-state index in [0.29, 0.717) is 5.92 Å². The molecule has 3 nitrogen and oxygen atoms in total. The van der Waals surface area contributed by atoms with Crippen LogP contribution in [0.3, 0.4) is 0 Å². The summed E-state index contributed by atoms with van der Waals surface area (Å²) in [6.07, 6.45) is 4.23. The molecule has 1 aliphatic heterocycles. The van der Waals surface area contributed by atoms with Gasteiger partial charge in [0.1, 0.15) is 11.0 Å². The van der Waals surface area contributed by atoms with Gasteiger partial charge in [-0.2, -0.15) is 4.40 Å². The summed E-state index contributed by atoms with van der Waals surface area (Å²) < 4.78 is 15.7. The van der Waals surface area contributed by atoms with E-state index in [4.69, 9.17) is 0 Å². The van der Waals surface area contributed by atoms with Crippen LogP contribution in [0.1, 0.15) is 40.5 Å². The van der Waals surface area contributed by atoms with Crippen molar-refractivity contribution < 1.29 is 4.21 Å². The highest BCUT2D eigenvalue weighted by atomic mass is 32.2. The van der Waals surface area contributed by atoms with Crippen LogP contribution in [0.4, 0.5) is 0 Å². The van der Waals surface area contributed by atoms with Crippen molar-refractivity contribution in [2.24, 2.45) is 10.3 Å². The zero-order valence-corrected chi connectivity index (χ0v) is 11.7. The first-order valence-corrected chi connectivity index (χ1v) is 7.22. The monoisotopic (exact) mass is 244 g/mol. The molecule has 94 valence electrons. The van der Waals surface area contributed by atoms with Crippen molar-refractivity contribution in [2.45, 2.75) is 45.3 Å². The number of nitrogens with zero attached hydrogens (tertiary/aromatic N) is 2. The minimum atomic E-state index is -1.09. The van der Waals surface area contributed by atoms with Crippen LogP contribution in [-0.2, 0) is 11.0 Å². The summed E-state index contributed by atoms with van der Waals surface area (Å²) in [5, 5.41) is 0. The van der Waals surface area contributed by atoms with Crippen LogP contribution in [0.25, 0.3) is 0 Å². The van der Waals surface area contributed by atoms with Gasteiger partial charge in [-0.25, -0.2) is 4.21 Å². The van der Waals surface area contributed by atoms with Gasteiger partial charge in [-0.05, 0) is 59.2 Å². The van der Waals surface area contributed by atoms with Crippen molar-refractivity contribution >= 4 is 17.2 Å². The van der Waals surface area contributed by atoms with E-state index in [0.717, 1.165) is 32.5 Å². The van der Waals surface area contributed by atoms with Crippen LogP contribution >= 0.6 is 0 Å². The Hall–Kier alpha value is -0.220. The lowest BCUT2D eigenvalue weighted by molar-refractivity contribution is 0.221. The third-order valence-electron chi connectivity index (χ3n) is 2.97. The molecule has 0 aromatic carbocycles. The highest BCUT2D eigenvalue weighted by Crippen LogP contribution is 2.17. The summed E-state index contributed by atoms with van der Waals surface area (Å²) in [5.41, 5.74) is 0. The Kier molecular flexibility index (Phi) is 5.12. The van der Waals surface area contributed by atoms with Gasteiger partial charge in [0.25, 0.3) is 0 Å². The molecule has 0 aromatic heterocycles. The predicted octanol–water partition coefficient (Wildman–Crippen LogP) is 2.25. The third-order valence-corrected chi connectivity index (χ3v) is 4.33. The average molecular weight is 244 g/mol. The first kappa shape index (κ1) is 13.8. The Bertz CT molecular complexity index is 263. The Balaban J connectivity index is 2.39. The van der Waals surface area contributed by atoms with Crippen molar-refractivity contribution in [3.05, 3.63) is 0 Å². The molecule has 0 N–H and O–H groups in total. The van der Waals surface area contributed by atoms with Gasteiger partial charge in [-0.3, -0.25) is 0 Å². The fourth-order valence-corrected chi connectivity index (χ4v) is 2.32. The lowest BCUT2D eigenvalue weighted by Gasteiger charge is -2.29. The van der Waals surface area contributed by atoms with Crippen molar-refractivity contribution in [1.29, 1.82) is 0 Å². The molecule has 0 aliphatic carbocycles. The van der Waals surface area contributed by atoms with Gasteiger partial charge in [-0.15, -0.1) is 0 Å². The standard InChI is InChI=1S/C12H24N2OS/c1-5-14-8-6-11(7-9-14)10-13-16(15)12(2,3)4/h10-11H,5-9H2,1-4H3/b13-10+/t16-/m0/s1. The van der Waals surface area contributed by atoms with Gasteiger partial charge in [0, 0.05) is 6.21 Å². The molecule has 4 heteroatoms. The van der Waals surface area contributed by atoms with E-state index in [9.17, 15) is 4.21 Å². The molecule has 0 unspecified atom stereocenters. The van der Waals surface area contributed by atoms with Crippen molar-refractivity contribution in [3.8, 4) is 0 Å². The zero-order chi connectivity index (χ0) is 12.2. The first-order chi connectivity index (χ1) is 7.43. The Morgan fingerprint density at radius 1 is 1.38 bits per heavy atom. The summed E-state index contributed by atoms with van der Waals surface area (Å²) in [6.45, 7) is 11.5. The fraction of sp³-hybridized carbons (Fsp3) is 0.917. The Morgan fingerprint density at radius 3 is 2.38 bits per heavy atom. The maximum absolute atomic E-state index is 11.7. The lowest BCUT2D eigenvalue weighted by atomic mass is 9.98. The molecule has 1 aliphatic rings. The van der Waals surface area contributed by atoms with Gasteiger partial charge >= 0.3 is 0 Å². The van der Waals surface area contributed by atoms with Gasteiger partial charge < -0.3 is 4.90 Å². The van der Waals surface area contributed by atoms with Gasteiger partial charge in [0.2, 0.25) is 0 Å². The van der Waals surface area contributed by atoms with Crippen LogP contribution in [0.15, 0.2) is 4.40 Å². The molecular formula is C12H24N2OS. The molecule has 16 heavy (non-hydrogen) atoms. The van der Waals surface area contributed by atoms with Crippen LogP contribution < -0.4 is 0 Å². The number of rotatable bonds is 3. The van der Waals surface area contributed by atoms with E-state index in [-0.39, 0.29) is 4.75 Å². The van der Waals surface area contributed by atoms with Crippen LogP contribution in [0.5, 0.6) is 0 Å². The summed E-state index contributed by atoms with van der Waals surface area (Å²) in [4.78, 5) is 2.45. The second-order valence-electron chi connectivity index (χ2n) is 5.39. The van der Waals surface area contributed by atoms with E-state index >= 15 is 0 Å². The molecule has 1 saturated heterocycles. The van der Waals surface area contributed by atoms with Gasteiger partial charge in [-0.1, -0.05) is 6.92 Å². The van der Waals surface area contributed by atoms with Gasteiger partial charge in [0.05, 0.1) is 4.75 Å². The zero-order valence-electron chi connectivity index (χ0n) is 10.9. The number of hydrogen-bond acceptors (Lipinski definition) is 2. The maximum atomic E-state index is 11.7. The summed E-state index contributed by atoms with van der Waals surface area (Å²) >= 11 is 0. The van der Waals surface area contributed by atoms with Crippen LogP contribution in [-0.4, -0.2) is 39.7 Å². The van der Waals surface area contributed by atoms with Crippen molar-refractivity contribution in [2.75, 3.05) is 19.6 Å². The average Bonchev–Trinajstić information content (AvgIpc) is 2.25. The van der Waals surface area contributed by atoms with E-state index in [1.165, 1.54) is 0 Å². The summed E-state index contributed by atoms with van der Waals surface area (Å²) in [7, 11) is -1.09. The SMILES string of the molecule is CCN1CCC(/C=N/[S@@](=O)C(C)(C)C)CC1. The quantitative estimate of drug-likeness (QED) is 0.713. The van der Waals surface area contributed by atoms with Crippen molar-refractivity contribution in [3.63, 3.8) is 0 Å². The number of hydrogen-bond donors (Lipinski definition) is 0. The lowest BCUT2D eigenvalue weighted by Crippen LogP contribution is -2.34. The van der Waals surface area contributed by atoms with Crippen LogP contribution in [0.2, 0.25) is 0 Å². The molecule has 0 bridgehead atoms. The highest BCUT2D eigenvalue weighted by molar-refractivity contribution is 7.85. The summed E-state index contributed by atoms with van der Waals surface area (Å²) in [6, 6.07) is 0. The molecule has 1 rings (SSSR count). The fourth-order valence-electron chi connectivity index (χ4n) is 1.72. The molecule has 0 aromatic rings. The number of piperidine rings is 1. The minimum absolute atomic E-state index is 0.235. The molecule has 0 saturated carbocycles. The Morgan fingerprint density at radius 2 is 1.94 bits per heavy atom. The third kappa shape index (κ3) is 4.34. The molecule has 1 heterocycles. The molecule has 0 amide bonds. The first-order valence-electron chi connectivity index (χ1n) is 6.12. The molecular weight excluding hydrogens is 220 g/mol. The molecule has 1 fully saturated rings. The minimum Gasteiger partial charge on any atom is -0.304 e. The maximum Gasteiger partial charge on any atom is 0.144 e. The van der Waals surface area contributed by atoms with E-state index in [1.54, 1.807) is 0 Å².